The van der Waals surface area contributed by atoms with Gasteiger partial charge in [0.25, 0.3) is 0 Å². The van der Waals surface area contributed by atoms with Crippen LogP contribution in [0.2, 0.25) is 0 Å². The Balaban J connectivity index is 6.76. The number of hydrogen-bond donors (Lipinski definition) is 25. The van der Waals surface area contributed by atoms with E-state index in [9.17, 15) is 117 Å². The fourth-order valence-corrected chi connectivity index (χ4v) is 10.4. The summed E-state index contributed by atoms with van der Waals surface area (Å²) in [6.45, 7) is 13.2. The van der Waals surface area contributed by atoms with Crippen LogP contribution in [0.4, 0.5) is 0 Å². The Morgan fingerprint density at radius 1 is 0.315 bits per heavy atom. The predicted molar refractivity (Wildman–Crippen MR) is 393 cm³/mol. The number of carbonyl (C=O) groups is 19. The van der Waals surface area contributed by atoms with E-state index in [1.807, 2.05) is 0 Å². The maximum atomic E-state index is 14.3. The standard InChI is InChI=1S/C67H118N20O24/c1-30(2)25-41(60(103)87-52(36(10)89)66(109)78-38(18-12-15-23-69)57(100)74-34(8)54(97)76-39(19-13-16-24-70)58(101)84-45(29-88)63(106)79-40(67(110)111)20-21-46(72)90)82-64(107)50(31(3)4)85-61(104)42(26-47(73)91)83-65(108)51(32(5)6)86-62(105)44(28-49(94)95)81-55(98)35(9)75-56(99)37(17-11-14-22-68)77-59(102)43(27-48(92)93)80-53(96)33(7)71/h30-45,50-52,88-89H,11-29,68-71H2,1-10H3,(H2,72,90)(H2,73,91)(H,74,100)(H,75,99)(H,76,97)(H,77,102)(H,78,109)(H,79,106)(H,80,96)(H,81,98)(H,82,107)(H,83,108)(H,84,101)(H,85,104)(H,86,105)(H,87,103)(H,92,93)(H,94,95)(H,110,111)/t33-,34-,35-,36+,37-,38-,39-,40-,41-,42-,43-,44-,45-,50-,51-,52-/m0/s1. The van der Waals surface area contributed by atoms with Crippen LogP contribution < -0.4 is 109 Å². The number of carbonyl (C=O) groups excluding carboxylic acids is 16. The summed E-state index contributed by atoms with van der Waals surface area (Å²) in [4.78, 5) is 251. The number of unbranched alkanes of at least 4 members (excludes halogenated alkanes) is 3. The quantitative estimate of drug-likeness (QED) is 0.0252. The summed E-state index contributed by atoms with van der Waals surface area (Å²) in [5.74, 6) is -24.1. The average Bonchev–Trinajstić information content (AvgIpc) is 0.852. The highest BCUT2D eigenvalue weighted by Crippen LogP contribution is 2.14. The van der Waals surface area contributed by atoms with Gasteiger partial charge in [0, 0.05) is 6.42 Å². The Kier molecular flexibility index (Phi) is 47.1. The molecule has 16 atom stereocenters. The SMILES string of the molecule is CC(C)C[C@H](NC(=O)[C@@H](NC(=O)[C@H](CC(N)=O)NC(=O)[C@@H](NC(=O)[C@H](CC(=O)O)NC(=O)[C@H](C)NC(=O)[C@H](CCCCN)NC(=O)[C@H](CC(=O)O)NC(=O)[C@H](C)N)C(C)C)C(C)C)C(=O)N[C@H](C(=O)N[C@@H](CCCCN)C(=O)N[C@@H](C)C(=O)N[C@@H](CCCCN)C(=O)N[C@@H](CO)C(=O)N[C@@H](CCC(N)=O)C(=O)O)[C@@H](C)O. The van der Waals surface area contributed by atoms with Crippen molar-refractivity contribution in [3.05, 3.63) is 0 Å². The molecule has 0 heterocycles. The predicted octanol–water partition coefficient (Wildman–Crippen LogP) is -9.55. The second kappa shape index (κ2) is 52.0. The van der Waals surface area contributed by atoms with Crippen molar-refractivity contribution in [3.8, 4) is 0 Å². The van der Waals surface area contributed by atoms with Gasteiger partial charge in [0.1, 0.15) is 84.6 Å². The van der Waals surface area contributed by atoms with Gasteiger partial charge < -0.3 is 134 Å². The highest BCUT2D eigenvalue weighted by molar-refractivity contribution is 6.02. The zero-order valence-corrected chi connectivity index (χ0v) is 64.4. The molecule has 0 aliphatic carbocycles. The number of nitrogens with one attached hydrogen (secondary N) is 14. The molecule has 31 N–H and O–H groups in total. The maximum Gasteiger partial charge on any atom is 0.326 e. The Morgan fingerprint density at radius 3 is 0.964 bits per heavy atom. The van der Waals surface area contributed by atoms with Gasteiger partial charge in [0.2, 0.25) is 94.5 Å². The van der Waals surface area contributed by atoms with Crippen LogP contribution in [0.15, 0.2) is 0 Å². The van der Waals surface area contributed by atoms with E-state index in [-0.39, 0.29) is 64.6 Å². The monoisotopic (exact) mass is 1590 g/mol. The summed E-state index contributed by atoms with van der Waals surface area (Å²) in [5.41, 5.74) is 33.1. The summed E-state index contributed by atoms with van der Waals surface area (Å²) in [5, 5.41) is 82.5. The zero-order chi connectivity index (χ0) is 85.3. The molecule has 0 aliphatic rings. The van der Waals surface area contributed by atoms with Crippen molar-refractivity contribution in [2.24, 2.45) is 52.2 Å². The molecule has 0 rings (SSSR count). The number of rotatable bonds is 56. The van der Waals surface area contributed by atoms with E-state index in [1.165, 1.54) is 41.5 Å². The van der Waals surface area contributed by atoms with Crippen LogP contribution in [0.1, 0.15) is 166 Å². The third-order valence-electron chi connectivity index (χ3n) is 16.7. The van der Waals surface area contributed by atoms with Crippen molar-refractivity contribution in [2.75, 3.05) is 26.2 Å². The average molecular weight is 1590 g/mol. The molecular weight excluding hydrogens is 1470 g/mol. The topological polar surface area (TPSA) is 750 Å². The molecule has 0 radical (unpaired) electrons. The highest BCUT2D eigenvalue weighted by atomic mass is 16.4. The van der Waals surface area contributed by atoms with Gasteiger partial charge in [-0.3, -0.25) is 86.3 Å². The van der Waals surface area contributed by atoms with E-state index in [0.717, 1.165) is 13.8 Å². The van der Waals surface area contributed by atoms with Crippen LogP contribution in [0.5, 0.6) is 0 Å². The summed E-state index contributed by atoms with van der Waals surface area (Å²) < 4.78 is 0. The molecule has 0 aromatic heterocycles. The molecule has 0 saturated carbocycles. The van der Waals surface area contributed by atoms with E-state index in [0.29, 0.717) is 19.3 Å². The molecule has 0 unspecified atom stereocenters. The van der Waals surface area contributed by atoms with Crippen LogP contribution in [0.3, 0.4) is 0 Å². The number of carboxylic acid groups (broad SMARTS) is 3. The third-order valence-corrected chi connectivity index (χ3v) is 16.7. The van der Waals surface area contributed by atoms with Crippen LogP contribution >= 0.6 is 0 Å². The Morgan fingerprint density at radius 2 is 0.613 bits per heavy atom. The van der Waals surface area contributed by atoms with Crippen molar-refractivity contribution < 1.29 is 117 Å². The summed E-state index contributed by atoms with van der Waals surface area (Å²) in [6, 6.07) is -24.3. The Bertz CT molecular complexity index is 3200. The lowest BCUT2D eigenvalue weighted by Gasteiger charge is -2.30. The molecule has 0 saturated heterocycles. The molecule has 0 bridgehead atoms. The Hall–Kier alpha value is -10.3. The molecule has 0 spiro atoms. The summed E-state index contributed by atoms with van der Waals surface area (Å²) >= 11 is 0. The fraction of sp³-hybridized carbons (Fsp3) is 0.716. The van der Waals surface area contributed by atoms with Gasteiger partial charge >= 0.3 is 17.9 Å². The number of nitrogens with two attached hydrogens (primary N) is 6. The molecule has 111 heavy (non-hydrogen) atoms. The van der Waals surface area contributed by atoms with E-state index < -0.39 is 266 Å². The Labute approximate surface area is 642 Å². The maximum absolute atomic E-state index is 14.3. The zero-order valence-electron chi connectivity index (χ0n) is 64.4. The van der Waals surface area contributed by atoms with Gasteiger partial charge in [-0.1, -0.05) is 41.5 Å². The number of amides is 16. The third kappa shape index (κ3) is 39.2. The van der Waals surface area contributed by atoms with E-state index in [2.05, 4.69) is 74.4 Å². The van der Waals surface area contributed by atoms with Gasteiger partial charge in [-0.25, -0.2) is 4.79 Å². The van der Waals surface area contributed by atoms with Gasteiger partial charge in [-0.2, -0.15) is 0 Å². The molecule has 0 aromatic carbocycles. The lowest BCUT2D eigenvalue weighted by Crippen LogP contribution is -2.63. The van der Waals surface area contributed by atoms with Crippen LogP contribution in [0.25, 0.3) is 0 Å². The number of hydrogen-bond acceptors (Lipinski definition) is 25. The van der Waals surface area contributed by atoms with Crippen LogP contribution in [-0.2, 0) is 91.1 Å². The number of aliphatic hydroxyl groups is 2. The first-order valence-corrected chi connectivity index (χ1v) is 36.4. The molecule has 630 valence electrons. The molecule has 0 aromatic rings. The van der Waals surface area contributed by atoms with Crippen molar-refractivity contribution in [3.63, 3.8) is 0 Å². The first-order chi connectivity index (χ1) is 51.8. The highest BCUT2D eigenvalue weighted by Gasteiger charge is 2.40. The smallest absolute Gasteiger partial charge is 0.326 e. The molecule has 44 nitrogen and oxygen atoms in total. The summed E-state index contributed by atoms with van der Waals surface area (Å²) in [7, 11) is 0. The second-order valence-corrected chi connectivity index (χ2v) is 27.9. The van der Waals surface area contributed by atoms with E-state index in [4.69, 9.17) is 34.4 Å². The number of carboxylic acids is 3. The minimum Gasteiger partial charge on any atom is -0.481 e. The van der Waals surface area contributed by atoms with Crippen molar-refractivity contribution in [2.45, 2.75) is 262 Å². The number of primary amides is 2. The van der Waals surface area contributed by atoms with Crippen LogP contribution in [-0.4, -0.2) is 261 Å². The normalized spacial score (nSPS) is 15.5. The molecule has 0 fully saturated rings. The fourth-order valence-electron chi connectivity index (χ4n) is 10.4. The molecule has 0 aliphatic heterocycles. The number of aliphatic hydroxyl groups excluding tert-OH is 2. The second-order valence-electron chi connectivity index (χ2n) is 27.9. The minimum absolute atomic E-state index is 0.0944. The number of aliphatic carboxylic acids is 3. The minimum atomic E-state index is -1.98. The largest absolute Gasteiger partial charge is 0.481 e. The first kappa shape index (κ1) is 101. The van der Waals surface area contributed by atoms with Crippen molar-refractivity contribution >= 4 is 112 Å². The van der Waals surface area contributed by atoms with Gasteiger partial charge in [0.15, 0.2) is 0 Å². The lowest BCUT2D eigenvalue weighted by molar-refractivity contribution is -0.143. The lowest BCUT2D eigenvalue weighted by atomic mass is 9.98. The van der Waals surface area contributed by atoms with Crippen molar-refractivity contribution in [1.82, 2.24) is 74.4 Å². The van der Waals surface area contributed by atoms with Gasteiger partial charge in [-0.15, -0.1) is 0 Å². The van der Waals surface area contributed by atoms with Gasteiger partial charge in [0.05, 0.1) is 38.0 Å². The molecular formula is C67H118N20O24. The summed E-state index contributed by atoms with van der Waals surface area (Å²) in [6.07, 6.45) is -4.35. The van der Waals surface area contributed by atoms with Crippen molar-refractivity contribution in [1.29, 1.82) is 0 Å². The van der Waals surface area contributed by atoms with Gasteiger partial charge in [-0.05, 0) is 136 Å². The molecule has 44 heteroatoms. The first-order valence-electron chi connectivity index (χ1n) is 36.4. The molecule has 16 amide bonds. The van der Waals surface area contributed by atoms with E-state index >= 15 is 0 Å². The van der Waals surface area contributed by atoms with Crippen LogP contribution in [0, 0.1) is 17.8 Å². The van der Waals surface area contributed by atoms with E-state index in [1.54, 1.807) is 13.8 Å².